The van der Waals surface area contributed by atoms with E-state index in [4.69, 9.17) is 5.11 Å². The van der Waals surface area contributed by atoms with Gasteiger partial charge in [0.2, 0.25) is 0 Å². The van der Waals surface area contributed by atoms with Crippen molar-refractivity contribution in [1.29, 1.82) is 0 Å². The number of rotatable bonds is 5. The van der Waals surface area contributed by atoms with Crippen molar-refractivity contribution < 1.29 is 19.1 Å². The second-order valence-corrected chi connectivity index (χ2v) is 5.97. The molecule has 0 aliphatic carbocycles. The summed E-state index contributed by atoms with van der Waals surface area (Å²) >= 11 is 0. The fourth-order valence-corrected chi connectivity index (χ4v) is 2.29. The number of hydrogen-bond acceptors (Lipinski definition) is 3. The normalized spacial score (nSPS) is 11.7. The Morgan fingerprint density at radius 3 is 2.64 bits per heavy atom. The number of aromatic nitrogens is 1. The van der Waals surface area contributed by atoms with E-state index in [1.807, 2.05) is 19.1 Å². The minimum atomic E-state index is -0.962. The predicted octanol–water partition coefficient (Wildman–Crippen LogP) is 3.38. The molecule has 0 saturated heterocycles. The molecule has 1 aromatic carbocycles. The van der Waals surface area contributed by atoms with E-state index in [0.29, 0.717) is 11.3 Å². The highest BCUT2D eigenvalue weighted by Gasteiger charge is 2.18. The van der Waals surface area contributed by atoms with E-state index in [-0.39, 0.29) is 6.54 Å². The molecular formula is C18H20FN3O3. The molecule has 2 aromatic rings. The van der Waals surface area contributed by atoms with E-state index in [9.17, 15) is 14.0 Å². The SMILES string of the molecule is Cc1ccc(-c2cncc(F)c2)cc1NC(=O)N(C)CC(C)C(=O)O. The quantitative estimate of drug-likeness (QED) is 0.870. The summed E-state index contributed by atoms with van der Waals surface area (Å²) in [4.78, 5) is 28.3. The highest BCUT2D eigenvalue weighted by molar-refractivity contribution is 5.91. The maximum Gasteiger partial charge on any atom is 0.321 e. The number of carbonyl (C=O) groups is 2. The molecule has 1 heterocycles. The molecule has 132 valence electrons. The van der Waals surface area contributed by atoms with Gasteiger partial charge in [-0.25, -0.2) is 9.18 Å². The van der Waals surface area contributed by atoms with E-state index in [0.717, 1.165) is 17.3 Å². The molecule has 25 heavy (non-hydrogen) atoms. The largest absolute Gasteiger partial charge is 0.481 e. The van der Waals surface area contributed by atoms with Crippen molar-refractivity contribution in [2.24, 2.45) is 5.92 Å². The number of hydrogen-bond donors (Lipinski definition) is 2. The lowest BCUT2D eigenvalue weighted by Crippen LogP contribution is -2.36. The number of carboxylic acids is 1. The molecule has 2 N–H and O–H groups in total. The van der Waals surface area contributed by atoms with Crippen molar-refractivity contribution in [2.45, 2.75) is 13.8 Å². The number of carbonyl (C=O) groups excluding carboxylic acids is 1. The van der Waals surface area contributed by atoms with Gasteiger partial charge in [-0.05, 0) is 30.2 Å². The lowest BCUT2D eigenvalue weighted by molar-refractivity contribution is -0.141. The second-order valence-electron chi connectivity index (χ2n) is 5.97. The van der Waals surface area contributed by atoms with Crippen LogP contribution in [-0.2, 0) is 4.79 Å². The third-order valence-electron chi connectivity index (χ3n) is 3.83. The zero-order chi connectivity index (χ0) is 18.6. The lowest BCUT2D eigenvalue weighted by atomic mass is 10.0. The third kappa shape index (κ3) is 4.76. The van der Waals surface area contributed by atoms with Crippen molar-refractivity contribution in [2.75, 3.05) is 18.9 Å². The van der Waals surface area contributed by atoms with Gasteiger partial charge in [-0.2, -0.15) is 0 Å². The van der Waals surface area contributed by atoms with Crippen molar-refractivity contribution in [3.05, 3.63) is 48.0 Å². The minimum absolute atomic E-state index is 0.0910. The van der Waals surface area contributed by atoms with Gasteiger partial charge in [0, 0.05) is 31.0 Å². The summed E-state index contributed by atoms with van der Waals surface area (Å²) in [7, 11) is 1.53. The average molecular weight is 345 g/mol. The Morgan fingerprint density at radius 2 is 2.00 bits per heavy atom. The van der Waals surface area contributed by atoms with Gasteiger partial charge in [-0.3, -0.25) is 9.78 Å². The molecule has 1 atom stereocenters. The number of halogens is 1. The average Bonchev–Trinajstić information content (AvgIpc) is 2.56. The Hall–Kier alpha value is -2.96. The molecule has 1 aromatic heterocycles. The molecule has 0 saturated carbocycles. The lowest BCUT2D eigenvalue weighted by Gasteiger charge is -2.21. The van der Waals surface area contributed by atoms with E-state index >= 15 is 0 Å². The van der Waals surface area contributed by atoms with Crippen LogP contribution in [0.5, 0.6) is 0 Å². The molecule has 0 aliphatic rings. The van der Waals surface area contributed by atoms with Crippen LogP contribution in [-0.4, -0.2) is 40.6 Å². The highest BCUT2D eigenvalue weighted by atomic mass is 19.1. The number of amides is 2. The third-order valence-corrected chi connectivity index (χ3v) is 3.83. The van der Waals surface area contributed by atoms with Gasteiger partial charge < -0.3 is 15.3 Å². The van der Waals surface area contributed by atoms with Crippen LogP contribution in [0.25, 0.3) is 11.1 Å². The molecule has 7 heteroatoms. The van der Waals surface area contributed by atoms with Crippen LogP contribution in [0.1, 0.15) is 12.5 Å². The second kappa shape index (κ2) is 7.74. The van der Waals surface area contributed by atoms with Crippen LogP contribution in [0, 0.1) is 18.7 Å². The van der Waals surface area contributed by atoms with Crippen molar-refractivity contribution in [3.63, 3.8) is 0 Å². The monoisotopic (exact) mass is 345 g/mol. The first-order valence-corrected chi connectivity index (χ1v) is 7.74. The predicted molar refractivity (Wildman–Crippen MR) is 92.8 cm³/mol. The van der Waals surface area contributed by atoms with Crippen molar-refractivity contribution >= 4 is 17.7 Å². The zero-order valence-corrected chi connectivity index (χ0v) is 14.3. The van der Waals surface area contributed by atoms with Gasteiger partial charge in [-0.1, -0.05) is 19.1 Å². The van der Waals surface area contributed by atoms with E-state index in [1.165, 1.54) is 24.9 Å². The number of pyridine rings is 1. The van der Waals surface area contributed by atoms with Gasteiger partial charge in [0.1, 0.15) is 5.82 Å². The number of benzene rings is 1. The van der Waals surface area contributed by atoms with Crippen LogP contribution in [0.4, 0.5) is 14.9 Å². The Labute approximate surface area is 145 Å². The number of anilines is 1. The van der Waals surface area contributed by atoms with Crippen LogP contribution in [0.3, 0.4) is 0 Å². The summed E-state index contributed by atoms with van der Waals surface area (Å²) < 4.78 is 13.3. The van der Waals surface area contributed by atoms with Crippen LogP contribution >= 0.6 is 0 Å². The molecular weight excluding hydrogens is 325 g/mol. The molecule has 2 rings (SSSR count). The van der Waals surface area contributed by atoms with Crippen LogP contribution < -0.4 is 5.32 Å². The van der Waals surface area contributed by atoms with Crippen LogP contribution in [0.2, 0.25) is 0 Å². The van der Waals surface area contributed by atoms with Gasteiger partial charge in [0.05, 0.1) is 12.1 Å². The van der Waals surface area contributed by atoms with Gasteiger partial charge in [0.25, 0.3) is 0 Å². The van der Waals surface area contributed by atoms with Gasteiger partial charge in [-0.15, -0.1) is 0 Å². The topological polar surface area (TPSA) is 82.5 Å². The number of urea groups is 1. The highest BCUT2D eigenvalue weighted by Crippen LogP contribution is 2.25. The molecule has 0 radical (unpaired) electrons. The molecule has 6 nitrogen and oxygen atoms in total. The number of nitrogens with zero attached hydrogens (tertiary/aromatic N) is 2. The molecule has 0 fully saturated rings. The Bertz CT molecular complexity index is 795. The van der Waals surface area contributed by atoms with Crippen LogP contribution in [0.15, 0.2) is 36.7 Å². The number of aryl methyl sites for hydroxylation is 1. The molecule has 1 unspecified atom stereocenters. The van der Waals surface area contributed by atoms with Crippen molar-refractivity contribution in [3.8, 4) is 11.1 Å². The first-order chi connectivity index (χ1) is 11.8. The Morgan fingerprint density at radius 1 is 1.28 bits per heavy atom. The number of carboxylic acid groups (broad SMARTS) is 1. The summed E-state index contributed by atoms with van der Waals surface area (Å²) in [5, 5.41) is 11.7. The summed E-state index contributed by atoms with van der Waals surface area (Å²) in [6, 6.07) is 6.32. The van der Waals surface area contributed by atoms with E-state index in [1.54, 1.807) is 12.3 Å². The van der Waals surface area contributed by atoms with Crippen molar-refractivity contribution in [1.82, 2.24) is 9.88 Å². The maximum absolute atomic E-state index is 13.3. The first-order valence-electron chi connectivity index (χ1n) is 7.74. The first kappa shape index (κ1) is 18.4. The molecule has 0 bridgehead atoms. The van der Waals surface area contributed by atoms with Gasteiger partial charge >= 0.3 is 12.0 Å². The van der Waals surface area contributed by atoms with Gasteiger partial charge in [0.15, 0.2) is 0 Å². The Balaban J connectivity index is 2.18. The fourth-order valence-electron chi connectivity index (χ4n) is 2.29. The standard InChI is InChI=1S/C18H20FN3O3/c1-11-4-5-13(14-6-15(19)9-20-8-14)7-16(11)21-18(25)22(3)10-12(2)17(23)24/h4-9,12H,10H2,1-3H3,(H,21,25)(H,23,24). The molecule has 0 aliphatic heterocycles. The maximum atomic E-state index is 13.3. The molecule has 2 amide bonds. The smallest absolute Gasteiger partial charge is 0.321 e. The number of nitrogens with one attached hydrogen (secondary N) is 1. The summed E-state index contributed by atoms with van der Waals surface area (Å²) in [5.41, 5.74) is 2.72. The fraction of sp³-hybridized carbons (Fsp3) is 0.278. The summed E-state index contributed by atoms with van der Waals surface area (Å²) in [6.07, 6.45) is 2.67. The summed E-state index contributed by atoms with van der Waals surface area (Å²) in [6.45, 7) is 3.46. The Kier molecular flexibility index (Phi) is 5.69. The number of aliphatic carboxylic acids is 1. The summed E-state index contributed by atoms with van der Waals surface area (Å²) in [5.74, 6) is -2.07. The minimum Gasteiger partial charge on any atom is -0.481 e. The molecule has 0 spiro atoms. The van der Waals surface area contributed by atoms with E-state index < -0.39 is 23.7 Å². The van der Waals surface area contributed by atoms with E-state index in [2.05, 4.69) is 10.3 Å². The zero-order valence-electron chi connectivity index (χ0n) is 14.3.